The van der Waals surface area contributed by atoms with Crippen LogP contribution in [0.25, 0.3) is 11.1 Å². The molecule has 2 N–H and O–H groups in total. The Labute approximate surface area is 160 Å². The monoisotopic (exact) mass is 391 g/mol. The van der Waals surface area contributed by atoms with E-state index in [2.05, 4.69) is 0 Å². The zero-order valence-corrected chi connectivity index (χ0v) is 15.0. The summed E-state index contributed by atoms with van der Waals surface area (Å²) in [6.07, 6.45) is -5.30. The number of nitrogens with one attached hydrogen (secondary N) is 1. The maximum atomic E-state index is 13.5. The van der Waals surface area contributed by atoms with Gasteiger partial charge >= 0.3 is 12.3 Å². The highest BCUT2D eigenvalue weighted by atomic mass is 19.4. The fourth-order valence-electron chi connectivity index (χ4n) is 4.06. The first-order chi connectivity index (χ1) is 13.4. The number of hydrogen-bond acceptors (Lipinski definition) is 3. The average molecular weight is 391 g/mol. The van der Waals surface area contributed by atoms with Gasteiger partial charge in [0.15, 0.2) is 5.54 Å². The van der Waals surface area contributed by atoms with E-state index < -0.39 is 30.3 Å². The first-order valence-electron chi connectivity index (χ1n) is 9.18. The van der Waals surface area contributed by atoms with Gasteiger partial charge in [0.1, 0.15) is 6.61 Å². The van der Waals surface area contributed by atoms with Gasteiger partial charge in [-0.3, -0.25) is 0 Å². The number of halogens is 3. The van der Waals surface area contributed by atoms with Crippen molar-refractivity contribution >= 4 is 6.09 Å². The van der Waals surface area contributed by atoms with Gasteiger partial charge in [0.2, 0.25) is 0 Å². The van der Waals surface area contributed by atoms with Gasteiger partial charge in [0.25, 0.3) is 0 Å². The zero-order chi connectivity index (χ0) is 19.9. The number of amides is 1. The van der Waals surface area contributed by atoms with Crippen LogP contribution in [0, 0.1) is 5.92 Å². The van der Waals surface area contributed by atoms with Gasteiger partial charge in [0, 0.05) is 5.92 Å². The van der Waals surface area contributed by atoms with Gasteiger partial charge in [-0.15, -0.1) is 0 Å². The zero-order valence-electron chi connectivity index (χ0n) is 15.0. The second kappa shape index (κ2) is 6.81. The van der Waals surface area contributed by atoms with Gasteiger partial charge in [-0.1, -0.05) is 48.5 Å². The second-order valence-electron chi connectivity index (χ2n) is 7.35. The van der Waals surface area contributed by atoms with E-state index in [0.29, 0.717) is 12.8 Å². The van der Waals surface area contributed by atoms with E-state index in [1.165, 1.54) is 0 Å². The fraction of sp³-hybridized carbons (Fsp3) is 0.381. The first-order valence-corrected chi connectivity index (χ1v) is 9.18. The highest BCUT2D eigenvalue weighted by Gasteiger charge is 2.63. The van der Waals surface area contributed by atoms with Crippen LogP contribution in [-0.4, -0.2) is 36.1 Å². The van der Waals surface area contributed by atoms with E-state index in [1.54, 1.807) is 0 Å². The van der Waals surface area contributed by atoms with Crippen molar-refractivity contribution in [3.05, 3.63) is 59.7 Å². The third-order valence-corrected chi connectivity index (χ3v) is 5.70. The summed E-state index contributed by atoms with van der Waals surface area (Å²) >= 11 is 0. The molecular formula is C21H20F3NO3. The SMILES string of the molecule is O=C(NC(CO)(C1CC1)C(F)(F)F)OCC1c2ccccc2-c2ccccc21. The molecule has 4 rings (SSSR count). The lowest BCUT2D eigenvalue weighted by Gasteiger charge is -2.34. The van der Waals surface area contributed by atoms with Crippen LogP contribution in [0.4, 0.5) is 18.0 Å². The molecule has 1 unspecified atom stereocenters. The van der Waals surface area contributed by atoms with Crippen molar-refractivity contribution < 1.29 is 27.8 Å². The Balaban J connectivity index is 1.51. The summed E-state index contributed by atoms with van der Waals surface area (Å²) in [5.74, 6) is -1.06. The second-order valence-corrected chi connectivity index (χ2v) is 7.35. The van der Waals surface area contributed by atoms with Crippen LogP contribution in [0.5, 0.6) is 0 Å². The van der Waals surface area contributed by atoms with Crippen molar-refractivity contribution in [3.63, 3.8) is 0 Å². The molecular weight excluding hydrogens is 371 g/mol. The maximum Gasteiger partial charge on any atom is 0.414 e. The highest BCUT2D eigenvalue weighted by molar-refractivity contribution is 5.79. The molecule has 28 heavy (non-hydrogen) atoms. The number of aliphatic hydroxyl groups excluding tert-OH is 1. The Hall–Kier alpha value is -2.54. The van der Waals surface area contributed by atoms with Crippen molar-refractivity contribution in [2.45, 2.75) is 30.5 Å². The summed E-state index contributed by atoms with van der Waals surface area (Å²) in [5.41, 5.74) is 1.37. The smallest absolute Gasteiger partial charge is 0.414 e. The topological polar surface area (TPSA) is 58.6 Å². The molecule has 4 nitrogen and oxygen atoms in total. The number of carbonyl (C=O) groups excluding carboxylic acids is 1. The number of hydrogen-bond donors (Lipinski definition) is 2. The van der Waals surface area contributed by atoms with E-state index in [9.17, 15) is 23.1 Å². The number of alkyl halides is 3. The minimum Gasteiger partial charge on any atom is -0.449 e. The summed E-state index contributed by atoms with van der Waals surface area (Å²) in [7, 11) is 0. The Morgan fingerprint density at radius 2 is 1.57 bits per heavy atom. The molecule has 0 radical (unpaired) electrons. The molecule has 0 aromatic heterocycles. The normalized spacial score (nSPS) is 18.1. The number of fused-ring (bicyclic) bond motifs is 3. The lowest BCUT2D eigenvalue weighted by molar-refractivity contribution is -0.211. The minimum absolute atomic E-state index is 0.0795. The predicted molar refractivity (Wildman–Crippen MR) is 96.8 cm³/mol. The van der Waals surface area contributed by atoms with Crippen LogP contribution in [0.3, 0.4) is 0 Å². The molecule has 2 aliphatic carbocycles. The number of carbonyl (C=O) groups is 1. The molecule has 2 aromatic carbocycles. The van der Waals surface area contributed by atoms with Crippen molar-refractivity contribution in [1.82, 2.24) is 5.32 Å². The molecule has 2 aromatic rings. The highest BCUT2D eigenvalue weighted by Crippen LogP contribution is 2.48. The van der Waals surface area contributed by atoms with E-state index in [4.69, 9.17) is 4.74 Å². The molecule has 0 heterocycles. The molecule has 0 saturated heterocycles. The van der Waals surface area contributed by atoms with Gasteiger partial charge in [-0.05, 0) is 41.0 Å². The summed E-state index contributed by atoms with van der Waals surface area (Å²) in [4.78, 5) is 12.2. The third-order valence-electron chi connectivity index (χ3n) is 5.70. The van der Waals surface area contributed by atoms with Gasteiger partial charge in [-0.25, -0.2) is 4.79 Å². The van der Waals surface area contributed by atoms with Crippen LogP contribution >= 0.6 is 0 Å². The lowest BCUT2D eigenvalue weighted by Crippen LogP contribution is -2.63. The molecule has 1 fully saturated rings. The molecule has 1 atom stereocenters. The summed E-state index contributed by atoms with van der Waals surface area (Å²) in [6, 6.07) is 15.4. The van der Waals surface area contributed by atoms with E-state index in [0.717, 1.165) is 22.3 Å². The third kappa shape index (κ3) is 3.03. The lowest BCUT2D eigenvalue weighted by atomic mass is 9.93. The van der Waals surface area contributed by atoms with Crippen LogP contribution < -0.4 is 5.32 Å². The Kier molecular flexibility index (Phi) is 4.57. The van der Waals surface area contributed by atoms with E-state index >= 15 is 0 Å². The molecule has 1 amide bonds. The summed E-state index contributed by atoms with van der Waals surface area (Å²) in [5, 5.41) is 11.3. The molecule has 0 aliphatic heterocycles. The maximum absolute atomic E-state index is 13.5. The minimum atomic E-state index is -4.76. The first kappa shape index (κ1) is 18.8. The Bertz CT molecular complexity index is 849. The van der Waals surface area contributed by atoms with Crippen LogP contribution in [0.2, 0.25) is 0 Å². The van der Waals surface area contributed by atoms with Crippen molar-refractivity contribution in [1.29, 1.82) is 0 Å². The molecule has 7 heteroatoms. The molecule has 148 valence electrons. The molecule has 0 bridgehead atoms. The number of rotatable bonds is 5. The van der Waals surface area contributed by atoms with Crippen LogP contribution in [-0.2, 0) is 4.74 Å². The summed E-state index contributed by atoms with van der Waals surface area (Å²) < 4.78 is 45.8. The van der Waals surface area contributed by atoms with Crippen molar-refractivity contribution in [2.24, 2.45) is 5.92 Å². The number of benzene rings is 2. The van der Waals surface area contributed by atoms with Crippen LogP contribution in [0.15, 0.2) is 48.5 Å². The molecule has 1 saturated carbocycles. The standard InChI is InChI=1S/C21H20F3NO3/c22-21(23,24)20(12-26,13-9-10-13)25-19(27)28-11-18-16-7-3-1-5-14(16)15-6-2-4-8-17(15)18/h1-8,13,18,26H,9-12H2,(H,25,27). The van der Waals surface area contributed by atoms with Crippen LogP contribution in [0.1, 0.15) is 29.9 Å². The Morgan fingerprint density at radius 3 is 2.04 bits per heavy atom. The van der Waals surface area contributed by atoms with E-state index in [1.807, 2.05) is 53.8 Å². The van der Waals surface area contributed by atoms with Crippen molar-refractivity contribution in [3.8, 4) is 11.1 Å². The largest absolute Gasteiger partial charge is 0.449 e. The van der Waals surface area contributed by atoms with Gasteiger partial charge in [0.05, 0.1) is 6.61 Å². The number of aliphatic hydroxyl groups is 1. The van der Waals surface area contributed by atoms with E-state index in [-0.39, 0.29) is 12.5 Å². The van der Waals surface area contributed by atoms with Gasteiger partial charge < -0.3 is 15.2 Å². The van der Waals surface area contributed by atoms with Gasteiger partial charge in [-0.2, -0.15) is 13.2 Å². The average Bonchev–Trinajstić information content (AvgIpc) is 3.47. The Morgan fingerprint density at radius 1 is 1.04 bits per heavy atom. The number of alkyl carbamates (subject to hydrolysis) is 1. The summed E-state index contributed by atoms with van der Waals surface area (Å²) in [6.45, 7) is -1.28. The fourth-order valence-corrected chi connectivity index (χ4v) is 4.06. The predicted octanol–water partition coefficient (Wildman–Crippen LogP) is 4.23. The van der Waals surface area contributed by atoms with Crippen molar-refractivity contribution in [2.75, 3.05) is 13.2 Å². The quantitative estimate of drug-likeness (QED) is 0.802. The number of ether oxygens (including phenoxy) is 1. The molecule has 0 spiro atoms. The molecule has 2 aliphatic rings.